The molecular weight excluding hydrogens is 1010 g/mol. The van der Waals surface area contributed by atoms with Gasteiger partial charge in [0.2, 0.25) is 5.91 Å². The highest BCUT2D eigenvalue weighted by Crippen LogP contribution is 2.20. The molecule has 0 aliphatic heterocycles. The summed E-state index contributed by atoms with van der Waals surface area (Å²) in [5, 5.41) is 23.3. The number of unbranched alkanes of at least 4 members (excludes halogenated alkanes) is 61. The number of carbonyl (C=O) groups is 2. The van der Waals surface area contributed by atoms with Crippen LogP contribution in [0.5, 0.6) is 0 Å². The molecule has 0 aromatic carbocycles. The summed E-state index contributed by atoms with van der Waals surface area (Å²) in [7, 11) is 0. The highest BCUT2D eigenvalue weighted by molar-refractivity contribution is 5.76. The molecule has 488 valence electrons. The van der Waals surface area contributed by atoms with E-state index in [9.17, 15) is 19.8 Å². The van der Waals surface area contributed by atoms with Crippen LogP contribution in [-0.2, 0) is 14.3 Å². The topological polar surface area (TPSA) is 95.9 Å². The largest absolute Gasteiger partial charge is 0.466 e. The zero-order chi connectivity index (χ0) is 59.2. The Morgan fingerprint density at radius 3 is 0.829 bits per heavy atom. The average molecular weight is 1160 g/mol. The summed E-state index contributed by atoms with van der Waals surface area (Å²) in [6, 6.07) is -0.628. The lowest BCUT2D eigenvalue weighted by Gasteiger charge is -2.20. The number of rotatable bonds is 72. The number of aliphatic hydroxyl groups is 2. The fraction of sp³-hybridized carbons (Fsp3) is 0.947. The summed E-state index contributed by atoms with van der Waals surface area (Å²) >= 11 is 0. The van der Waals surface area contributed by atoms with Gasteiger partial charge in [0.25, 0.3) is 0 Å². The molecule has 6 heteroatoms. The molecular formula is C76H149NO5. The van der Waals surface area contributed by atoms with Crippen molar-refractivity contribution < 1.29 is 24.5 Å². The van der Waals surface area contributed by atoms with Crippen LogP contribution in [-0.4, -0.2) is 47.4 Å². The van der Waals surface area contributed by atoms with Crippen molar-refractivity contribution in [3.63, 3.8) is 0 Å². The van der Waals surface area contributed by atoms with Gasteiger partial charge in [-0.25, -0.2) is 0 Å². The molecule has 0 radical (unpaired) electrons. The first-order valence-corrected chi connectivity index (χ1v) is 38.0. The van der Waals surface area contributed by atoms with Crippen LogP contribution in [0.15, 0.2) is 12.2 Å². The van der Waals surface area contributed by atoms with Crippen molar-refractivity contribution in [2.24, 2.45) is 0 Å². The van der Waals surface area contributed by atoms with Crippen LogP contribution in [0, 0.1) is 0 Å². The lowest BCUT2D eigenvalue weighted by atomic mass is 10.0. The lowest BCUT2D eigenvalue weighted by molar-refractivity contribution is -0.143. The molecule has 3 N–H and O–H groups in total. The smallest absolute Gasteiger partial charge is 0.305 e. The van der Waals surface area contributed by atoms with Crippen molar-refractivity contribution >= 4 is 11.9 Å². The molecule has 0 spiro atoms. The van der Waals surface area contributed by atoms with E-state index >= 15 is 0 Å². The average Bonchev–Trinajstić information content (AvgIpc) is 3.48. The molecule has 0 fully saturated rings. The van der Waals surface area contributed by atoms with Crippen molar-refractivity contribution in [3.8, 4) is 0 Å². The monoisotopic (exact) mass is 1160 g/mol. The van der Waals surface area contributed by atoms with E-state index in [1.165, 1.54) is 372 Å². The van der Waals surface area contributed by atoms with Gasteiger partial charge in [-0.15, -0.1) is 0 Å². The van der Waals surface area contributed by atoms with Gasteiger partial charge in [0.1, 0.15) is 0 Å². The molecule has 0 saturated carbocycles. The Balaban J connectivity index is 3.37. The minimum absolute atomic E-state index is 0.0201. The summed E-state index contributed by atoms with van der Waals surface area (Å²) in [6.45, 7) is 4.96. The maximum Gasteiger partial charge on any atom is 0.305 e. The van der Waals surface area contributed by atoms with Gasteiger partial charge in [-0.2, -0.15) is 0 Å². The Morgan fingerprint density at radius 2 is 0.561 bits per heavy atom. The van der Waals surface area contributed by atoms with Crippen molar-refractivity contribution in [2.45, 2.75) is 450 Å². The fourth-order valence-corrected chi connectivity index (χ4v) is 12.3. The number of ether oxygens (including phenoxy) is 1. The molecule has 0 bridgehead atoms. The van der Waals surface area contributed by atoms with Gasteiger partial charge >= 0.3 is 5.97 Å². The van der Waals surface area contributed by atoms with Crippen LogP contribution in [0.3, 0.4) is 0 Å². The zero-order valence-corrected chi connectivity index (χ0v) is 56.0. The Hall–Kier alpha value is -1.40. The Bertz CT molecular complexity index is 1240. The van der Waals surface area contributed by atoms with Crippen LogP contribution in [0.25, 0.3) is 0 Å². The van der Waals surface area contributed by atoms with Crippen molar-refractivity contribution in [2.75, 3.05) is 13.2 Å². The molecule has 0 aliphatic carbocycles. The highest BCUT2D eigenvalue weighted by Gasteiger charge is 2.18. The quantitative estimate of drug-likeness (QED) is 0.0320. The molecule has 0 heterocycles. The Labute approximate surface area is 514 Å². The summed E-state index contributed by atoms with van der Waals surface area (Å²) in [6.07, 6.45) is 90.2. The van der Waals surface area contributed by atoms with Crippen LogP contribution >= 0.6 is 0 Å². The Kier molecular flexibility index (Phi) is 70.8. The van der Waals surface area contributed by atoms with Gasteiger partial charge in [-0.3, -0.25) is 9.59 Å². The third-order valence-electron chi connectivity index (χ3n) is 18.1. The molecule has 0 aromatic heterocycles. The fourth-order valence-electron chi connectivity index (χ4n) is 12.3. The number of aliphatic hydroxyl groups excluding tert-OH is 2. The van der Waals surface area contributed by atoms with Crippen molar-refractivity contribution in [3.05, 3.63) is 12.2 Å². The van der Waals surface area contributed by atoms with Crippen LogP contribution in [0.4, 0.5) is 0 Å². The SMILES string of the molecule is CCCCCCCCCCCCCCCCCCCCCCC/C=C/C(O)C(CO)NC(=O)CCCCCCCCCCCCCCCCCCCCCCCCCOC(=O)CCCCCCCCCCCCCCCCCCCCC. The van der Waals surface area contributed by atoms with E-state index in [1.807, 2.05) is 6.08 Å². The second kappa shape index (κ2) is 72.1. The molecule has 1 amide bonds. The van der Waals surface area contributed by atoms with E-state index in [0.717, 1.165) is 38.5 Å². The minimum Gasteiger partial charge on any atom is -0.466 e. The molecule has 0 aromatic rings. The number of amides is 1. The third-order valence-corrected chi connectivity index (χ3v) is 18.1. The first-order chi connectivity index (χ1) is 40.5. The van der Waals surface area contributed by atoms with Crippen molar-refractivity contribution in [1.82, 2.24) is 5.32 Å². The normalized spacial score (nSPS) is 12.5. The zero-order valence-electron chi connectivity index (χ0n) is 56.0. The maximum absolute atomic E-state index is 12.5. The Morgan fingerprint density at radius 1 is 0.329 bits per heavy atom. The number of nitrogens with one attached hydrogen (secondary N) is 1. The van der Waals surface area contributed by atoms with Crippen LogP contribution in [0.2, 0.25) is 0 Å². The summed E-state index contributed by atoms with van der Waals surface area (Å²) in [5.41, 5.74) is 0. The van der Waals surface area contributed by atoms with E-state index in [-0.39, 0.29) is 18.5 Å². The number of hydrogen-bond acceptors (Lipinski definition) is 5. The first kappa shape index (κ1) is 80.6. The van der Waals surface area contributed by atoms with Gasteiger partial charge in [0.05, 0.1) is 25.4 Å². The van der Waals surface area contributed by atoms with E-state index in [2.05, 4.69) is 19.2 Å². The highest BCUT2D eigenvalue weighted by atomic mass is 16.5. The summed E-state index contributed by atoms with van der Waals surface area (Å²) < 4.78 is 5.52. The number of allylic oxidation sites excluding steroid dienone is 1. The van der Waals surface area contributed by atoms with Gasteiger partial charge < -0.3 is 20.3 Å². The maximum atomic E-state index is 12.5. The number of esters is 1. The second-order valence-electron chi connectivity index (χ2n) is 26.4. The van der Waals surface area contributed by atoms with Gasteiger partial charge in [0.15, 0.2) is 0 Å². The van der Waals surface area contributed by atoms with Gasteiger partial charge in [-0.05, 0) is 32.1 Å². The minimum atomic E-state index is -0.845. The second-order valence-corrected chi connectivity index (χ2v) is 26.4. The van der Waals surface area contributed by atoms with Gasteiger partial charge in [0, 0.05) is 12.8 Å². The lowest BCUT2D eigenvalue weighted by Crippen LogP contribution is -2.45. The standard InChI is InChI=1S/C76H149NO5/c1-3-5-7-9-11-13-15-17-19-21-23-24-26-29-33-36-40-44-48-52-56-60-64-68-74(79)73(72-78)77-75(80)69-65-61-57-53-49-45-41-37-34-30-27-25-28-31-35-39-43-47-51-55-59-63-67-71-82-76(81)70-66-62-58-54-50-46-42-38-32-22-20-18-16-14-12-10-8-6-4-2/h64,68,73-74,78-79H,3-63,65-67,69-72H2,1-2H3,(H,77,80)/b68-64+. The van der Waals surface area contributed by atoms with Gasteiger partial charge in [-0.1, -0.05) is 405 Å². The molecule has 0 saturated heterocycles. The summed E-state index contributed by atoms with van der Waals surface area (Å²) in [4.78, 5) is 24.7. The third kappa shape index (κ3) is 67.7. The molecule has 2 unspecified atom stereocenters. The predicted molar refractivity (Wildman–Crippen MR) is 361 cm³/mol. The van der Waals surface area contributed by atoms with E-state index in [0.29, 0.717) is 19.4 Å². The molecule has 0 rings (SSSR count). The molecule has 82 heavy (non-hydrogen) atoms. The summed E-state index contributed by atoms with van der Waals surface area (Å²) in [5.74, 6) is -0.0419. The van der Waals surface area contributed by atoms with Crippen molar-refractivity contribution in [1.29, 1.82) is 0 Å². The van der Waals surface area contributed by atoms with E-state index in [4.69, 9.17) is 4.74 Å². The molecule has 2 atom stereocenters. The number of hydrogen-bond donors (Lipinski definition) is 3. The first-order valence-electron chi connectivity index (χ1n) is 38.0. The molecule has 0 aliphatic rings. The van der Waals surface area contributed by atoms with Crippen LogP contribution < -0.4 is 5.32 Å². The number of carbonyl (C=O) groups excluding carboxylic acids is 2. The predicted octanol–water partition coefficient (Wildman–Crippen LogP) is 24.7. The van der Waals surface area contributed by atoms with Crippen LogP contribution in [0.1, 0.15) is 438 Å². The van der Waals surface area contributed by atoms with E-state index in [1.54, 1.807) is 6.08 Å². The van der Waals surface area contributed by atoms with E-state index < -0.39 is 12.1 Å². The molecule has 6 nitrogen and oxygen atoms in total.